The average Bonchev–Trinajstić information content (AvgIpc) is 2.98. The highest BCUT2D eigenvalue weighted by Crippen LogP contribution is 2.30. The van der Waals surface area contributed by atoms with Crippen molar-refractivity contribution >= 4 is 50.7 Å². The number of sulfonamides is 1. The number of nitrogens with zero attached hydrogens (tertiary/aromatic N) is 2. The molecule has 1 saturated carbocycles. The number of hydrogen-bond acceptors (Lipinski definition) is 4. The van der Waals surface area contributed by atoms with E-state index in [9.17, 15) is 18.0 Å². The lowest BCUT2D eigenvalue weighted by Crippen LogP contribution is -2.53. The Hall–Kier alpha value is -3.07. The first-order valence-corrected chi connectivity index (χ1v) is 16.4. The van der Waals surface area contributed by atoms with Crippen molar-refractivity contribution in [1.29, 1.82) is 0 Å². The van der Waals surface area contributed by atoms with Gasteiger partial charge in [-0.3, -0.25) is 13.9 Å². The monoisotopic (exact) mass is 629 g/mol. The largest absolute Gasteiger partial charge is 0.352 e. The summed E-state index contributed by atoms with van der Waals surface area (Å²) < 4.78 is 29.1. The molecule has 1 N–H and O–H groups in total. The SMILES string of the molecule is Cc1cccc(N(CC(=O)N(Cc2ccc(Cl)c(Cl)c2)C(C)C(=O)NC2CCCCC2)S(=O)(=O)c2ccccc2)c1C. The van der Waals surface area contributed by atoms with Gasteiger partial charge in [0.2, 0.25) is 11.8 Å². The van der Waals surface area contributed by atoms with E-state index in [1.54, 1.807) is 55.5 Å². The van der Waals surface area contributed by atoms with Crippen LogP contribution in [0.15, 0.2) is 71.6 Å². The van der Waals surface area contributed by atoms with Crippen LogP contribution in [0, 0.1) is 13.8 Å². The van der Waals surface area contributed by atoms with Crippen LogP contribution in [0.25, 0.3) is 0 Å². The second-order valence-electron chi connectivity index (χ2n) is 10.8. The van der Waals surface area contributed by atoms with Gasteiger partial charge in [0, 0.05) is 12.6 Å². The zero-order chi connectivity index (χ0) is 30.4. The van der Waals surface area contributed by atoms with Gasteiger partial charge in [0.15, 0.2) is 0 Å². The number of carbonyl (C=O) groups excluding carboxylic acids is 2. The van der Waals surface area contributed by atoms with Gasteiger partial charge in [-0.05, 0) is 80.6 Å². The summed E-state index contributed by atoms with van der Waals surface area (Å²) in [7, 11) is -4.13. The van der Waals surface area contributed by atoms with Gasteiger partial charge in [0.1, 0.15) is 12.6 Å². The van der Waals surface area contributed by atoms with E-state index in [0.717, 1.165) is 47.5 Å². The maximum Gasteiger partial charge on any atom is 0.264 e. The number of benzene rings is 3. The fourth-order valence-corrected chi connectivity index (χ4v) is 7.04. The van der Waals surface area contributed by atoms with Gasteiger partial charge in [-0.1, -0.05) is 78.9 Å². The number of halogens is 2. The molecular formula is C32H37Cl2N3O4S. The standard InChI is InChI=1S/C32H37Cl2N3O4S/c1-22-11-10-16-30(23(22)2)37(42(40,41)27-14-8-5-9-15-27)21-31(38)36(20-25-17-18-28(33)29(34)19-25)24(3)32(39)35-26-12-6-4-7-13-26/h5,8-11,14-19,24,26H,4,6-7,12-13,20-21H2,1-3H3,(H,35,39). The molecule has 0 aromatic heterocycles. The number of hydrogen-bond donors (Lipinski definition) is 1. The highest BCUT2D eigenvalue weighted by Gasteiger charge is 2.34. The highest BCUT2D eigenvalue weighted by molar-refractivity contribution is 7.92. The molecule has 10 heteroatoms. The lowest BCUT2D eigenvalue weighted by molar-refractivity contribution is -0.139. The number of aryl methyl sites for hydroxylation is 1. The summed E-state index contributed by atoms with van der Waals surface area (Å²) >= 11 is 12.4. The van der Waals surface area contributed by atoms with Gasteiger partial charge in [-0.2, -0.15) is 0 Å². The topological polar surface area (TPSA) is 86.8 Å². The van der Waals surface area contributed by atoms with Crippen LogP contribution in [0.1, 0.15) is 55.7 Å². The summed E-state index contributed by atoms with van der Waals surface area (Å²) in [6.45, 7) is 4.94. The van der Waals surface area contributed by atoms with Crippen molar-refractivity contribution in [1.82, 2.24) is 10.2 Å². The van der Waals surface area contributed by atoms with E-state index in [-0.39, 0.29) is 23.4 Å². The van der Waals surface area contributed by atoms with Crippen molar-refractivity contribution in [3.05, 3.63) is 93.5 Å². The molecule has 7 nitrogen and oxygen atoms in total. The van der Waals surface area contributed by atoms with Crippen LogP contribution in [0.5, 0.6) is 0 Å². The Kier molecular flexibility index (Phi) is 10.6. The Bertz CT molecular complexity index is 1530. The van der Waals surface area contributed by atoms with Crippen molar-refractivity contribution in [2.45, 2.75) is 76.4 Å². The molecule has 0 radical (unpaired) electrons. The molecule has 3 aromatic rings. The van der Waals surface area contributed by atoms with Crippen molar-refractivity contribution in [2.75, 3.05) is 10.8 Å². The molecule has 0 heterocycles. The van der Waals surface area contributed by atoms with Crippen LogP contribution in [0.3, 0.4) is 0 Å². The molecule has 1 fully saturated rings. The number of amides is 2. The Labute approximate surface area is 258 Å². The van der Waals surface area contributed by atoms with Crippen molar-refractivity contribution in [3.63, 3.8) is 0 Å². The first-order chi connectivity index (χ1) is 20.0. The fraction of sp³-hybridized carbons (Fsp3) is 0.375. The predicted molar refractivity (Wildman–Crippen MR) is 168 cm³/mol. The molecule has 42 heavy (non-hydrogen) atoms. The molecule has 1 unspecified atom stereocenters. The van der Waals surface area contributed by atoms with Gasteiger partial charge >= 0.3 is 0 Å². The number of nitrogens with one attached hydrogen (secondary N) is 1. The Morgan fingerprint density at radius 1 is 0.929 bits per heavy atom. The van der Waals surface area contributed by atoms with E-state index in [1.807, 2.05) is 19.9 Å². The molecule has 1 aliphatic carbocycles. The maximum atomic E-state index is 14.2. The molecule has 0 saturated heterocycles. The van der Waals surface area contributed by atoms with Crippen LogP contribution in [0.4, 0.5) is 5.69 Å². The van der Waals surface area contributed by atoms with Gasteiger partial charge in [0.05, 0.1) is 20.6 Å². The van der Waals surface area contributed by atoms with Crippen molar-refractivity contribution in [3.8, 4) is 0 Å². The Morgan fingerprint density at radius 3 is 2.29 bits per heavy atom. The van der Waals surface area contributed by atoms with Crippen molar-refractivity contribution < 1.29 is 18.0 Å². The highest BCUT2D eigenvalue weighted by atomic mass is 35.5. The van der Waals surface area contributed by atoms with Gasteiger partial charge in [0.25, 0.3) is 10.0 Å². The molecule has 1 aliphatic rings. The predicted octanol–water partition coefficient (Wildman–Crippen LogP) is 6.67. The molecular weight excluding hydrogens is 593 g/mol. The van der Waals surface area contributed by atoms with E-state index in [2.05, 4.69) is 5.32 Å². The van der Waals surface area contributed by atoms with Crippen LogP contribution in [-0.2, 0) is 26.2 Å². The minimum atomic E-state index is -4.13. The normalized spacial score (nSPS) is 14.7. The third-order valence-electron chi connectivity index (χ3n) is 7.91. The molecule has 224 valence electrons. The minimum absolute atomic E-state index is 0.0427. The van der Waals surface area contributed by atoms with Gasteiger partial charge < -0.3 is 10.2 Å². The van der Waals surface area contributed by atoms with Crippen LogP contribution in [-0.4, -0.2) is 43.8 Å². The minimum Gasteiger partial charge on any atom is -0.352 e. The second kappa shape index (κ2) is 13.9. The molecule has 1 atom stereocenters. The second-order valence-corrected chi connectivity index (χ2v) is 13.5. The molecule has 3 aromatic carbocycles. The zero-order valence-electron chi connectivity index (χ0n) is 24.1. The molecule has 0 aliphatic heterocycles. The van der Waals surface area contributed by atoms with Gasteiger partial charge in [-0.25, -0.2) is 8.42 Å². The van der Waals surface area contributed by atoms with Gasteiger partial charge in [-0.15, -0.1) is 0 Å². The van der Waals surface area contributed by atoms with E-state index in [0.29, 0.717) is 21.3 Å². The molecule has 0 bridgehead atoms. The summed E-state index contributed by atoms with van der Waals surface area (Å²) in [6, 6.07) is 17.6. The number of rotatable bonds is 10. The third kappa shape index (κ3) is 7.46. The van der Waals surface area contributed by atoms with Crippen LogP contribution < -0.4 is 9.62 Å². The van der Waals surface area contributed by atoms with E-state index < -0.39 is 28.5 Å². The summed E-state index contributed by atoms with van der Waals surface area (Å²) in [6.07, 6.45) is 5.04. The Balaban J connectivity index is 1.71. The van der Waals surface area contributed by atoms with Crippen LogP contribution >= 0.6 is 23.2 Å². The van der Waals surface area contributed by atoms with E-state index in [1.165, 1.54) is 17.0 Å². The molecule has 2 amide bonds. The fourth-order valence-electron chi connectivity index (χ4n) is 5.22. The van der Waals surface area contributed by atoms with E-state index >= 15 is 0 Å². The van der Waals surface area contributed by atoms with Crippen molar-refractivity contribution in [2.24, 2.45) is 0 Å². The third-order valence-corrected chi connectivity index (χ3v) is 10.4. The summed E-state index contributed by atoms with van der Waals surface area (Å²) in [4.78, 5) is 29.1. The molecule has 0 spiro atoms. The van der Waals surface area contributed by atoms with E-state index in [4.69, 9.17) is 23.2 Å². The number of carbonyl (C=O) groups is 2. The average molecular weight is 631 g/mol. The maximum absolute atomic E-state index is 14.2. The first kappa shape index (κ1) is 31.9. The molecule has 4 rings (SSSR count). The lowest BCUT2D eigenvalue weighted by Gasteiger charge is -2.33. The quantitative estimate of drug-likeness (QED) is 0.271. The summed E-state index contributed by atoms with van der Waals surface area (Å²) in [5.41, 5.74) is 2.70. The van der Waals surface area contributed by atoms with Crippen LogP contribution in [0.2, 0.25) is 10.0 Å². The Morgan fingerprint density at radius 2 is 1.62 bits per heavy atom. The zero-order valence-corrected chi connectivity index (χ0v) is 26.5. The number of anilines is 1. The lowest BCUT2D eigenvalue weighted by atomic mass is 9.95. The smallest absolute Gasteiger partial charge is 0.264 e. The first-order valence-electron chi connectivity index (χ1n) is 14.2. The summed E-state index contributed by atoms with van der Waals surface area (Å²) in [5, 5.41) is 3.80. The summed E-state index contributed by atoms with van der Waals surface area (Å²) in [5.74, 6) is -0.799.